The van der Waals surface area contributed by atoms with Crippen LogP contribution in [0.15, 0.2) is 22.7 Å². The highest BCUT2D eigenvalue weighted by atomic mass is 79.9. The molecule has 9 heavy (non-hydrogen) atoms. The molecule has 0 radical (unpaired) electrons. The van der Waals surface area contributed by atoms with Crippen LogP contribution in [0.4, 0.5) is 0 Å². The first kappa shape index (κ1) is 7.17. The second-order valence-corrected chi connectivity index (χ2v) is 3.07. The van der Waals surface area contributed by atoms with E-state index >= 15 is 0 Å². The van der Waals surface area contributed by atoms with Crippen LogP contribution < -0.4 is 5.46 Å². The molecule has 0 heterocycles. The summed E-state index contributed by atoms with van der Waals surface area (Å²) in [5.74, 6) is 0. The average molecular weight is 203 g/mol. The topological polar surface area (TPSA) is 0 Å². The van der Waals surface area contributed by atoms with Gasteiger partial charge in [-0.05, 0) is 22.0 Å². The normalized spacial score (nSPS) is 9.56. The molecule has 0 aliphatic carbocycles. The summed E-state index contributed by atoms with van der Waals surface area (Å²) in [7, 11) is 2.01. The van der Waals surface area contributed by atoms with Crippen molar-refractivity contribution in [3.63, 3.8) is 0 Å². The van der Waals surface area contributed by atoms with Gasteiger partial charge in [-0.2, -0.15) is 0 Å². The van der Waals surface area contributed by atoms with Crippen molar-refractivity contribution in [3.05, 3.63) is 27.7 Å². The zero-order valence-electron chi connectivity index (χ0n) is 4.99. The van der Waals surface area contributed by atoms with Crippen LogP contribution in [0.1, 0.15) is 0 Å². The van der Waals surface area contributed by atoms with Crippen LogP contribution in [0.5, 0.6) is 0 Å². The zero-order valence-corrected chi connectivity index (χ0v) is 7.33. The first-order valence-electron chi connectivity index (χ1n) is 2.62. The van der Waals surface area contributed by atoms with Gasteiger partial charge in [0.25, 0.3) is 0 Å². The Morgan fingerprint density at radius 2 is 2.11 bits per heavy atom. The summed E-state index contributed by atoms with van der Waals surface area (Å²) in [4.78, 5) is 0. The molecule has 0 saturated carbocycles. The van der Waals surface area contributed by atoms with Crippen molar-refractivity contribution in [3.8, 4) is 0 Å². The van der Waals surface area contributed by atoms with E-state index in [4.69, 9.17) is 11.6 Å². The lowest BCUT2D eigenvalue weighted by molar-refractivity contribution is 1.71. The maximum absolute atomic E-state index is 5.77. The molecule has 0 aliphatic rings. The molecule has 0 aliphatic heterocycles. The summed E-state index contributed by atoms with van der Waals surface area (Å²) in [6.07, 6.45) is 0. The fourth-order valence-electron chi connectivity index (χ4n) is 0.612. The molecule has 0 nitrogen and oxygen atoms in total. The highest BCUT2D eigenvalue weighted by molar-refractivity contribution is 9.10. The zero-order chi connectivity index (χ0) is 6.85. The van der Waals surface area contributed by atoms with Gasteiger partial charge >= 0.3 is 0 Å². The predicted molar refractivity (Wildman–Crippen MR) is 47.3 cm³/mol. The van der Waals surface area contributed by atoms with E-state index in [1.165, 1.54) is 5.46 Å². The molecule has 1 rings (SSSR count). The van der Waals surface area contributed by atoms with Crippen LogP contribution in [0.25, 0.3) is 0 Å². The van der Waals surface area contributed by atoms with E-state index in [2.05, 4.69) is 15.9 Å². The van der Waals surface area contributed by atoms with Crippen molar-refractivity contribution in [1.82, 2.24) is 0 Å². The number of benzene rings is 1. The first-order chi connectivity index (χ1) is 4.22. The van der Waals surface area contributed by atoms with Gasteiger partial charge < -0.3 is 0 Å². The lowest BCUT2D eigenvalue weighted by Gasteiger charge is -1.97. The second kappa shape index (κ2) is 2.76. The number of hydrogen-bond acceptors (Lipinski definition) is 0. The molecule has 0 amide bonds. The standard InChI is InChI=1S/C6H5BBrCl/c7-4-2-1-3-5(9)6(4)8/h1-3H,7H2. The van der Waals surface area contributed by atoms with Crippen LogP contribution in [-0.4, -0.2) is 7.85 Å². The summed E-state index contributed by atoms with van der Waals surface area (Å²) in [6.45, 7) is 0. The summed E-state index contributed by atoms with van der Waals surface area (Å²) >= 11 is 9.11. The summed E-state index contributed by atoms with van der Waals surface area (Å²) < 4.78 is 0.992. The Kier molecular flexibility index (Phi) is 2.20. The van der Waals surface area contributed by atoms with Gasteiger partial charge in [0, 0.05) is 4.47 Å². The van der Waals surface area contributed by atoms with Gasteiger partial charge in [0.15, 0.2) is 0 Å². The van der Waals surface area contributed by atoms with Gasteiger partial charge in [-0.15, -0.1) is 0 Å². The molecule has 0 fully saturated rings. The number of halogens is 2. The average Bonchev–Trinajstić information content (AvgIpc) is 1.83. The van der Waals surface area contributed by atoms with E-state index in [0.29, 0.717) is 0 Å². The monoisotopic (exact) mass is 202 g/mol. The smallest absolute Gasteiger partial charge is 0.0831 e. The third kappa shape index (κ3) is 1.49. The van der Waals surface area contributed by atoms with E-state index in [0.717, 1.165) is 9.50 Å². The van der Waals surface area contributed by atoms with Crippen LogP contribution >= 0.6 is 27.5 Å². The largest absolute Gasteiger partial charge is 0.140 e. The minimum absolute atomic E-state index is 0.773. The Balaban J connectivity index is 3.25. The first-order valence-corrected chi connectivity index (χ1v) is 3.79. The Morgan fingerprint density at radius 1 is 1.44 bits per heavy atom. The molecule has 3 heteroatoms. The minimum atomic E-state index is 0.773. The Morgan fingerprint density at radius 3 is 2.56 bits per heavy atom. The third-order valence-electron chi connectivity index (χ3n) is 1.14. The van der Waals surface area contributed by atoms with Crippen molar-refractivity contribution < 1.29 is 0 Å². The Hall–Kier alpha value is 0.0549. The Labute approximate surface area is 68.8 Å². The van der Waals surface area contributed by atoms with E-state index in [-0.39, 0.29) is 0 Å². The molecule has 0 bridgehead atoms. The number of hydrogen-bond donors (Lipinski definition) is 0. The highest BCUT2D eigenvalue weighted by Gasteiger charge is 1.95. The lowest BCUT2D eigenvalue weighted by Crippen LogP contribution is -2.02. The van der Waals surface area contributed by atoms with Crippen molar-refractivity contribution >= 4 is 40.8 Å². The second-order valence-electron chi connectivity index (χ2n) is 1.87. The number of rotatable bonds is 0. The van der Waals surface area contributed by atoms with Crippen LogP contribution in [0.2, 0.25) is 5.02 Å². The maximum atomic E-state index is 5.77. The fourth-order valence-corrected chi connectivity index (χ4v) is 1.10. The molecule has 0 saturated heterocycles. The quantitative estimate of drug-likeness (QED) is 0.559. The lowest BCUT2D eigenvalue weighted by atomic mass is 9.97. The molecule has 0 aromatic heterocycles. The summed E-state index contributed by atoms with van der Waals surface area (Å²) in [5, 5.41) is 0.773. The molecular formula is C6H5BBrCl. The molecule has 1 aromatic carbocycles. The summed E-state index contributed by atoms with van der Waals surface area (Å²) in [5.41, 5.74) is 1.17. The van der Waals surface area contributed by atoms with Gasteiger partial charge in [0.2, 0.25) is 0 Å². The van der Waals surface area contributed by atoms with Gasteiger partial charge in [-0.25, -0.2) is 0 Å². The predicted octanol–water partition coefficient (Wildman–Crippen LogP) is 1.36. The third-order valence-corrected chi connectivity index (χ3v) is 2.74. The van der Waals surface area contributed by atoms with Crippen molar-refractivity contribution in [2.75, 3.05) is 0 Å². The molecule has 0 N–H and O–H groups in total. The van der Waals surface area contributed by atoms with E-state index in [9.17, 15) is 0 Å². The van der Waals surface area contributed by atoms with Gasteiger partial charge in [0.05, 0.1) is 5.02 Å². The molecule has 1 aromatic rings. The molecule has 0 spiro atoms. The molecule has 0 unspecified atom stereocenters. The fraction of sp³-hybridized carbons (Fsp3) is 0. The van der Waals surface area contributed by atoms with Crippen LogP contribution in [-0.2, 0) is 0 Å². The van der Waals surface area contributed by atoms with E-state index in [1.807, 2.05) is 26.0 Å². The van der Waals surface area contributed by atoms with Gasteiger partial charge in [-0.1, -0.05) is 29.2 Å². The van der Waals surface area contributed by atoms with E-state index < -0.39 is 0 Å². The Bertz CT molecular complexity index is 204. The van der Waals surface area contributed by atoms with Crippen LogP contribution in [0, 0.1) is 0 Å². The van der Waals surface area contributed by atoms with Gasteiger partial charge in [-0.3, -0.25) is 0 Å². The van der Waals surface area contributed by atoms with Crippen LogP contribution in [0.3, 0.4) is 0 Å². The van der Waals surface area contributed by atoms with Crippen molar-refractivity contribution in [2.24, 2.45) is 0 Å². The minimum Gasteiger partial charge on any atom is -0.0831 e. The van der Waals surface area contributed by atoms with Gasteiger partial charge in [0.1, 0.15) is 7.85 Å². The molecular weight excluding hydrogens is 198 g/mol. The molecule has 0 atom stereocenters. The molecule has 46 valence electrons. The SMILES string of the molecule is Bc1cccc(Cl)c1Br. The van der Waals surface area contributed by atoms with E-state index in [1.54, 1.807) is 0 Å². The van der Waals surface area contributed by atoms with Crippen molar-refractivity contribution in [1.29, 1.82) is 0 Å². The summed E-state index contributed by atoms with van der Waals surface area (Å²) in [6, 6.07) is 5.80. The maximum Gasteiger partial charge on any atom is 0.140 e. The van der Waals surface area contributed by atoms with Crippen molar-refractivity contribution in [2.45, 2.75) is 0 Å². The highest BCUT2D eigenvalue weighted by Crippen LogP contribution is 2.17.